The molecule has 0 N–H and O–H groups in total. The van der Waals surface area contributed by atoms with Gasteiger partial charge in [-0.25, -0.2) is 0 Å². The number of nitrogens with zero attached hydrogens (tertiary/aromatic N) is 1. The Bertz CT molecular complexity index is 615. The quantitative estimate of drug-likeness (QED) is 0.546. The minimum atomic E-state index is -0.204. The molecule has 6 heteroatoms. The molecule has 1 aliphatic heterocycles. The van der Waals surface area contributed by atoms with Crippen LogP contribution in [0.4, 0.5) is 4.79 Å². The number of imide groups is 1. The van der Waals surface area contributed by atoms with Gasteiger partial charge in [0, 0.05) is 6.04 Å². The van der Waals surface area contributed by atoms with Crippen LogP contribution < -0.4 is 4.74 Å². The molecule has 1 saturated heterocycles. The van der Waals surface area contributed by atoms with Gasteiger partial charge in [0.2, 0.25) is 0 Å². The lowest BCUT2D eigenvalue weighted by Gasteiger charge is -2.19. The van der Waals surface area contributed by atoms with E-state index in [0.29, 0.717) is 4.91 Å². The summed E-state index contributed by atoms with van der Waals surface area (Å²) in [5.74, 6) is 0.589. The highest BCUT2D eigenvalue weighted by Gasteiger charge is 2.37. The zero-order valence-electron chi connectivity index (χ0n) is 12.1. The topological polar surface area (TPSA) is 46.6 Å². The van der Waals surface area contributed by atoms with Crippen molar-refractivity contribution in [2.75, 3.05) is 7.11 Å². The number of thioether (sulfide) groups is 1. The van der Waals surface area contributed by atoms with Crippen molar-refractivity contribution in [3.63, 3.8) is 0 Å². The second-order valence-electron chi connectivity index (χ2n) is 4.70. The average Bonchev–Trinajstić information content (AvgIpc) is 2.73. The van der Waals surface area contributed by atoms with Crippen LogP contribution in [0, 0.1) is 3.57 Å². The van der Waals surface area contributed by atoms with E-state index in [1.165, 1.54) is 4.90 Å². The molecule has 0 aromatic heterocycles. The molecule has 4 nitrogen and oxygen atoms in total. The van der Waals surface area contributed by atoms with Gasteiger partial charge in [0.05, 0.1) is 15.6 Å². The van der Waals surface area contributed by atoms with E-state index in [4.69, 9.17) is 4.74 Å². The first-order valence-electron chi connectivity index (χ1n) is 6.58. The van der Waals surface area contributed by atoms with Crippen LogP contribution in [-0.2, 0) is 4.79 Å². The maximum absolute atomic E-state index is 12.3. The molecule has 1 unspecified atom stereocenters. The molecular formula is C15H16INO3S. The number of amides is 2. The molecular weight excluding hydrogens is 401 g/mol. The third-order valence-electron chi connectivity index (χ3n) is 3.33. The van der Waals surface area contributed by atoms with Crippen molar-refractivity contribution >= 4 is 51.6 Å². The van der Waals surface area contributed by atoms with Crippen LogP contribution in [-0.4, -0.2) is 29.2 Å². The highest BCUT2D eigenvalue weighted by atomic mass is 127. The normalized spacial score (nSPS) is 18.5. The molecule has 1 aromatic carbocycles. The smallest absolute Gasteiger partial charge is 0.293 e. The van der Waals surface area contributed by atoms with Gasteiger partial charge in [-0.3, -0.25) is 14.5 Å². The number of ether oxygens (including phenoxy) is 1. The van der Waals surface area contributed by atoms with E-state index in [1.807, 2.05) is 32.0 Å². The summed E-state index contributed by atoms with van der Waals surface area (Å²) >= 11 is 3.18. The Morgan fingerprint density at radius 3 is 2.71 bits per heavy atom. The predicted molar refractivity (Wildman–Crippen MR) is 93.3 cm³/mol. The second kappa shape index (κ2) is 6.83. The lowest BCUT2D eigenvalue weighted by atomic mass is 10.2. The number of rotatable bonds is 4. The molecule has 0 aliphatic carbocycles. The van der Waals surface area contributed by atoms with Gasteiger partial charge in [-0.05, 0) is 71.5 Å². The largest absolute Gasteiger partial charge is 0.496 e. The number of halogens is 1. The van der Waals surface area contributed by atoms with Gasteiger partial charge in [0.15, 0.2) is 0 Å². The summed E-state index contributed by atoms with van der Waals surface area (Å²) in [5, 5.41) is -0.191. The van der Waals surface area contributed by atoms with E-state index in [-0.39, 0.29) is 17.2 Å². The fourth-order valence-electron chi connectivity index (χ4n) is 1.97. The first-order chi connectivity index (χ1) is 9.97. The lowest BCUT2D eigenvalue weighted by molar-refractivity contribution is -0.124. The van der Waals surface area contributed by atoms with Gasteiger partial charge in [-0.2, -0.15) is 0 Å². The van der Waals surface area contributed by atoms with Crippen molar-refractivity contribution in [2.45, 2.75) is 26.3 Å². The van der Waals surface area contributed by atoms with Gasteiger partial charge >= 0.3 is 0 Å². The maximum atomic E-state index is 12.3. The summed E-state index contributed by atoms with van der Waals surface area (Å²) in [5.41, 5.74) is 0.884. The van der Waals surface area contributed by atoms with Gasteiger partial charge < -0.3 is 4.74 Å². The lowest BCUT2D eigenvalue weighted by Crippen LogP contribution is -2.36. The van der Waals surface area contributed by atoms with E-state index in [0.717, 1.165) is 33.1 Å². The Morgan fingerprint density at radius 1 is 1.43 bits per heavy atom. The molecule has 1 aromatic rings. The van der Waals surface area contributed by atoms with Gasteiger partial charge in [0.1, 0.15) is 5.75 Å². The van der Waals surface area contributed by atoms with E-state index in [1.54, 1.807) is 13.2 Å². The summed E-state index contributed by atoms with van der Waals surface area (Å²) in [4.78, 5) is 26.1. The number of carbonyl (C=O) groups is 2. The third kappa shape index (κ3) is 3.42. The van der Waals surface area contributed by atoms with Crippen LogP contribution in [0.1, 0.15) is 25.8 Å². The van der Waals surface area contributed by atoms with Crippen LogP contribution in [0.25, 0.3) is 6.08 Å². The van der Waals surface area contributed by atoms with Crippen LogP contribution in [0.15, 0.2) is 23.1 Å². The number of hydrogen-bond acceptors (Lipinski definition) is 4. The van der Waals surface area contributed by atoms with E-state index in [9.17, 15) is 9.59 Å². The Kier molecular flexibility index (Phi) is 5.32. The highest BCUT2D eigenvalue weighted by Crippen LogP contribution is 2.34. The molecule has 21 heavy (non-hydrogen) atoms. The summed E-state index contributed by atoms with van der Waals surface area (Å²) in [6.07, 6.45) is 2.51. The van der Waals surface area contributed by atoms with Gasteiger partial charge in [-0.1, -0.05) is 13.0 Å². The van der Waals surface area contributed by atoms with Crippen LogP contribution in [0.2, 0.25) is 0 Å². The maximum Gasteiger partial charge on any atom is 0.293 e. The number of benzene rings is 1. The SMILES string of the molecule is CCC(C)N1C(=O)S/C(=C/c2ccc(OC)c(I)c2)C1=O. The summed E-state index contributed by atoms with van der Waals surface area (Å²) in [7, 11) is 1.62. The van der Waals surface area contributed by atoms with Crippen molar-refractivity contribution in [1.29, 1.82) is 0 Å². The van der Waals surface area contributed by atoms with Crippen LogP contribution in [0.5, 0.6) is 5.75 Å². The molecule has 1 fully saturated rings. The predicted octanol–water partition coefficient (Wildman–Crippen LogP) is 4.13. The number of methoxy groups -OCH3 is 1. The van der Waals surface area contributed by atoms with Gasteiger partial charge in [0.25, 0.3) is 11.1 Å². The molecule has 1 aliphatic rings. The average molecular weight is 417 g/mol. The highest BCUT2D eigenvalue weighted by molar-refractivity contribution is 14.1. The summed E-state index contributed by atoms with van der Waals surface area (Å²) < 4.78 is 6.17. The molecule has 112 valence electrons. The Labute approximate surface area is 142 Å². The zero-order chi connectivity index (χ0) is 15.6. The minimum Gasteiger partial charge on any atom is -0.496 e. The molecule has 1 heterocycles. The first-order valence-corrected chi connectivity index (χ1v) is 8.48. The van der Waals surface area contributed by atoms with Crippen molar-refractivity contribution in [3.05, 3.63) is 32.2 Å². The van der Waals surface area contributed by atoms with Crippen LogP contribution >= 0.6 is 34.4 Å². The first kappa shape index (κ1) is 16.4. The standard InChI is InChI=1S/C15H16INO3S/c1-4-9(2)17-14(18)13(21-15(17)19)8-10-5-6-12(20-3)11(16)7-10/h5-9H,4H2,1-3H3/b13-8+. The molecule has 2 rings (SSSR count). The second-order valence-corrected chi connectivity index (χ2v) is 6.86. The van der Waals surface area contributed by atoms with E-state index < -0.39 is 0 Å². The minimum absolute atomic E-state index is 0.0700. The monoisotopic (exact) mass is 417 g/mol. The van der Waals surface area contributed by atoms with Crippen molar-refractivity contribution in [3.8, 4) is 5.75 Å². The Morgan fingerprint density at radius 2 is 2.14 bits per heavy atom. The zero-order valence-corrected chi connectivity index (χ0v) is 15.0. The third-order valence-corrected chi connectivity index (χ3v) is 5.06. The molecule has 0 spiro atoms. The fourth-order valence-corrected chi connectivity index (χ4v) is 3.66. The fraction of sp³-hybridized carbons (Fsp3) is 0.333. The Balaban J connectivity index is 2.28. The molecule has 2 amide bonds. The molecule has 0 saturated carbocycles. The summed E-state index contributed by atoms with van der Waals surface area (Å²) in [6.45, 7) is 3.85. The number of carbonyl (C=O) groups excluding carboxylic acids is 2. The van der Waals surface area contributed by atoms with Crippen molar-refractivity contribution in [2.24, 2.45) is 0 Å². The van der Waals surface area contributed by atoms with Crippen molar-refractivity contribution in [1.82, 2.24) is 4.90 Å². The summed E-state index contributed by atoms with van der Waals surface area (Å²) in [6, 6.07) is 5.58. The van der Waals surface area contributed by atoms with E-state index >= 15 is 0 Å². The molecule has 0 radical (unpaired) electrons. The number of hydrogen-bond donors (Lipinski definition) is 0. The molecule has 0 bridgehead atoms. The molecule has 1 atom stereocenters. The van der Waals surface area contributed by atoms with Crippen LogP contribution in [0.3, 0.4) is 0 Å². The Hall–Kier alpha value is -1.02. The van der Waals surface area contributed by atoms with Gasteiger partial charge in [-0.15, -0.1) is 0 Å². The van der Waals surface area contributed by atoms with Crippen molar-refractivity contribution < 1.29 is 14.3 Å². The van der Waals surface area contributed by atoms with E-state index in [2.05, 4.69) is 22.6 Å².